The molecule has 0 aliphatic heterocycles. The van der Waals surface area contributed by atoms with Crippen LogP contribution in [0.1, 0.15) is 81.5 Å². The molecule has 0 bridgehead atoms. The molecule has 2 rings (SSSR count). The molecule has 0 saturated heterocycles. The van der Waals surface area contributed by atoms with E-state index in [0.29, 0.717) is 42.3 Å². The number of carbonyl (C=O) groups is 3. The Labute approximate surface area is 220 Å². The van der Waals surface area contributed by atoms with Crippen LogP contribution in [0.4, 0.5) is 0 Å². The zero-order valence-corrected chi connectivity index (χ0v) is 23.1. The highest BCUT2D eigenvalue weighted by atomic mass is 16.5. The smallest absolute Gasteiger partial charge is 0.343 e. The molecule has 0 aliphatic carbocycles. The van der Waals surface area contributed by atoms with Gasteiger partial charge in [-0.15, -0.1) is 0 Å². The normalized spacial score (nSPS) is 12.4. The summed E-state index contributed by atoms with van der Waals surface area (Å²) in [4.78, 5) is 36.5. The molecule has 7 heteroatoms. The van der Waals surface area contributed by atoms with Crippen molar-refractivity contribution in [2.75, 3.05) is 20.3 Å². The largest absolute Gasteiger partial charge is 0.494 e. The van der Waals surface area contributed by atoms with Crippen LogP contribution in [0, 0.1) is 16.7 Å². The number of ether oxygens (including phenoxy) is 4. The Kier molecular flexibility index (Phi) is 10.7. The maximum absolute atomic E-state index is 12.7. The number of hydrogen-bond acceptors (Lipinski definition) is 7. The van der Waals surface area contributed by atoms with Crippen molar-refractivity contribution in [1.29, 1.82) is 0 Å². The van der Waals surface area contributed by atoms with Crippen molar-refractivity contribution in [3.8, 4) is 11.5 Å². The van der Waals surface area contributed by atoms with Crippen LogP contribution < -0.4 is 9.47 Å². The SMILES string of the molecule is COC(=O)c1ccc(C(=O)Oc2ccc(OCCCCOC(=O)C(CC(C)(C)C)C(C)(C)C)cc2)cc1. The predicted octanol–water partition coefficient (Wildman–Crippen LogP) is 6.49. The van der Waals surface area contributed by atoms with Gasteiger partial charge < -0.3 is 18.9 Å². The average Bonchev–Trinajstić information content (AvgIpc) is 2.84. The van der Waals surface area contributed by atoms with Crippen LogP contribution in [-0.2, 0) is 14.3 Å². The second-order valence-corrected chi connectivity index (χ2v) is 11.3. The molecule has 2 aromatic carbocycles. The van der Waals surface area contributed by atoms with Gasteiger partial charge in [0.15, 0.2) is 0 Å². The monoisotopic (exact) mass is 512 g/mol. The number of methoxy groups -OCH3 is 1. The van der Waals surface area contributed by atoms with Crippen molar-refractivity contribution in [1.82, 2.24) is 0 Å². The van der Waals surface area contributed by atoms with Crippen molar-refractivity contribution in [3.05, 3.63) is 59.7 Å². The van der Waals surface area contributed by atoms with Crippen LogP contribution in [-0.4, -0.2) is 38.2 Å². The molecular formula is C30H40O7. The van der Waals surface area contributed by atoms with E-state index in [1.165, 1.54) is 31.4 Å². The summed E-state index contributed by atoms with van der Waals surface area (Å²) in [6.45, 7) is 13.5. The second-order valence-electron chi connectivity index (χ2n) is 11.3. The molecule has 7 nitrogen and oxygen atoms in total. The topological polar surface area (TPSA) is 88.1 Å². The minimum atomic E-state index is -0.532. The molecule has 1 unspecified atom stereocenters. The Morgan fingerprint density at radius 3 is 1.76 bits per heavy atom. The molecule has 0 spiro atoms. The minimum absolute atomic E-state index is 0.0516. The van der Waals surface area contributed by atoms with Gasteiger partial charge in [-0.25, -0.2) is 9.59 Å². The lowest BCUT2D eigenvalue weighted by Gasteiger charge is -2.33. The molecule has 37 heavy (non-hydrogen) atoms. The molecule has 1 atom stereocenters. The molecule has 0 fully saturated rings. The quantitative estimate of drug-likeness (QED) is 0.193. The Morgan fingerprint density at radius 1 is 0.730 bits per heavy atom. The van der Waals surface area contributed by atoms with Crippen LogP contribution >= 0.6 is 0 Å². The van der Waals surface area contributed by atoms with Gasteiger partial charge in [0.25, 0.3) is 0 Å². The predicted molar refractivity (Wildman–Crippen MR) is 142 cm³/mol. The van der Waals surface area contributed by atoms with Crippen molar-refractivity contribution in [2.45, 2.75) is 60.8 Å². The highest BCUT2D eigenvalue weighted by Crippen LogP contribution is 2.36. The Bertz CT molecular complexity index is 1030. The summed E-state index contributed by atoms with van der Waals surface area (Å²) >= 11 is 0. The lowest BCUT2D eigenvalue weighted by Crippen LogP contribution is -2.33. The molecular weight excluding hydrogens is 472 g/mol. The molecule has 0 aromatic heterocycles. The van der Waals surface area contributed by atoms with Crippen molar-refractivity contribution >= 4 is 17.9 Å². The lowest BCUT2D eigenvalue weighted by atomic mass is 9.72. The maximum atomic E-state index is 12.7. The summed E-state index contributed by atoms with van der Waals surface area (Å²) in [5, 5.41) is 0. The molecule has 202 valence electrons. The van der Waals surface area contributed by atoms with E-state index >= 15 is 0 Å². The number of unbranched alkanes of at least 4 members (excludes halogenated alkanes) is 1. The van der Waals surface area contributed by atoms with Crippen LogP contribution in [0.3, 0.4) is 0 Å². The summed E-state index contributed by atoms with van der Waals surface area (Å²) in [6, 6.07) is 12.8. The van der Waals surface area contributed by atoms with Crippen LogP contribution in [0.2, 0.25) is 0 Å². The van der Waals surface area contributed by atoms with Gasteiger partial charge in [0.1, 0.15) is 11.5 Å². The van der Waals surface area contributed by atoms with Gasteiger partial charge in [0, 0.05) is 0 Å². The van der Waals surface area contributed by atoms with Crippen LogP contribution in [0.5, 0.6) is 11.5 Å². The first-order valence-electron chi connectivity index (χ1n) is 12.6. The highest BCUT2D eigenvalue weighted by molar-refractivity contribution is 5.94. The van der Waals surface area contributed by atoms with Crippen molar-refractivity contribution < 1.29 is 33.3 Å². The van der Waals surface area contributed by atoms with E-state index in [1.807, 2.05) is 0 Å². The van der Waals surface area contributed by atoms with E-state index in [-0.39, 0.29) is 22.7 Å². The van der Waals surface area contributed by atoms with E-state index in [4.69, 9.17) is 14.2 Å². The fourth-order valence-electron chi connectivity index (χ4n) is 3.65. The summed E-state index contributed by atoms with van der Waals surface area (Å²) in [7, 11) is 1.30. The van der Waals surface area contributed by atoms with Crippen LogP contribution in [0.15, 0.2) is 48.5 Å². The van der Waals surface area contributed by atoms with E-state index in [2.05, 4.69) is 46.3 Å². The maximum Gasteiger partial charge on any atom is 0.343 e. The third-order valence-corrected chi connectivity index (χ3v) is 5.77. The number of rotatable bonds is 11. The zero-order chi connectivity index (χ0) is 27.6. The van der Waals surface area contributed by atoms with Crippen molar-refractivity contribution in [2.24, 2.45) is 16.7 Å². The number of esters is 3. The first kappa shape index (κ1) is 29.9. The van der Waals surface area contributed by atoms with Gasteiger partial charge in [-0.1, -0.05) is 41.5 Å². The molecule has 0 heterocycles. The standard InChI is InChI=1S/C30H40O7/c1-29(2,3)20-25(30(4,5)6)28(33)36-19-9-8-18-35-23-14-16-24(17-15-23)37-27(32)22-12-10-21(11-13-22)26(31)34-7/h10-17,25H,8-9,18-20H2,1-7H3. The number of benzene rings is 2. The van der Waals surface area contributed by atoms with Gasteiger partial charge in [-0.2, -0.15) is 0 Å². The molecule has 0 N–H and O–H groups in total. The highest BCUT2D eigenvalue weighted by Gasteiger charge is 2.35. The average molecular weight is 513 g/mol. The zero-order valence-electron chi connectivity index (χ0n) is 23.1. The van der Waals surface area contributed by atoms with E-state index in [0.717, 1.165) is 12.8 Å². The lowest BCUT2D eigenvalue weighted by molar-refractivity contribution is -0.154. The fraction of sp³-hybridized carbons (Fsp3) is 0.500. The summed E-state index contributed by atoms with van der Waals surface area (Å²) in [5.41, 5.74) is 0.577. The van der Waals surface area contributed by atoms with E-state index in [9.17, 15) is 14.4 Å². The molecule has 2 aromatic rings. The van der Waals surface area contributed by atoms with Gasteiger partial charge in [0.05, 0.1) is 37.4 Å². The van der Waals surface area contributed by atoms with Crippen molar-refractivity contribution in [3.63, 3.8) is 0 Å². The summed E-state index contributed by atoms with van der Waals surface area (Å²) in [6.07, 6.45) is 2.24. The Morgan fingerprint density at radius 2 is 1.24 bits per heavy atom. The first-order chi connectivity index (χ1) is 17.3. The number of carbonyl (C=O) groups excluding carboxylic acids is 3. The van der Waals surface area contributed by atoms with Gasteiger partial charge >= 0.3 is 17.9 Å². The fourth-order valence-corrected chi connectivity index (χ4v) is 3.65. The second kappa shape index (κ2) is 13.3. The Balaban J connectivity index is 1.73. The van der Waals surface area contributed by atoms with Gasteiger partial charge in [0.2, 0.25) is 0 Å². The van der Waals surface area contributed by atoms with Crippen LogP contribution in [0.25, 0.3) is 0 Å². The Hall–Kier alpha value is -3.35. The third-order valence-electron chi connectivity index (χ3n) is 5.77. The molecule has 0 aliphatic rings. The number of hydrogen-bond donors (Lipinski definition) is 0. The van der Waals surface area contributed by atoms with Gasteiger partial charge in [-0.3, -0.25) is 4.79 Å². The molecule has 0 saturated carbocycles. The first-order valence-corrected chi connectivity index (χ1v) is 12.6. The molecule has 0 amide bonds. The molecule has 0 radical (unpaired) electrons. The van der Waals surface area contributed by atoms with E-state index < -0.39 is 11.9 Å². The van der Waals surface area contributed by atoms with Gasteiger partial charge in [-0.05, 0) is 78.6 Å². The summed E-state index contributed by atoms with van der Waals surface area (Å²) in [5.74, 6) is -0.247. The van der Waals surface area contributed by atoms with E-state index in [1.54, 1.807) is 24.3 Å². The summed E-state index contributed by atoms with van der Waals surface area (Å²) < 4.78 is 21.3. The minimum Gasteiger partial charge on any atom is -0.494 e. The third kappa shape index (κ3) is 10.3.